The molecular weight excluding hydrogens is 227 g/mol. The van der Waals surface area contributed by atoms with Crippen LogP contribution >= 0.6 is 9.24 Å². The van der Waals surface area contributed by atoms with Crippen molar-refractivity contribution in [3.63, 3.8) is 0 Å². The molecule has 0 spiro atoms. The molecule has 0 amide bonds. The highest BCUT2D eigenvalue weighted by Gasteiger charge is 2.18. The molecule has 0 saturated heterocycles. The zero-order valence-corrected chi connectivity index (χ0v) is 11.8. The summed E-state index contributed by atoms with van der Waals surface area (Å²) in [7, 11) is 2.63. The smallest absolute Gasteiger partial charge is 0.123 e. The molecule has 1 heterocycles. The first-order valence-corrected chi connectivity index (χ1v) is 6.76. The summed E-state index contributed by atoms with van der Waals surface area (Å²) in [6.45, 7) is 6.14. The number of benzene rings is 1. The minimum atomic E-state index is 0.938. The minimum Gasteiger partial charge on any atom is -0.342 e. The number of nitrogens with zero attached hydrogens (tertiary/aromatic N) is 1. The molecule has 2 nitrogen and oxygen atoms in total. The number of aromatic amines is 1. The lowest BCUT2D eigenvalue weighted by Crippen LogP contribution is -2.03. The molecule has 3 rings (SSSR count). The summed E-state index contributed by atoms with van der Waals surface area (Å²) in [6, 6.07) is 6.62. The predicted octanol–water partition coefficient (Wildman–Crippen LogP) is 3.01. The van der Waals surface area contributed by atoms with Crippen LogP contribution in [0.3, 0.4) is 0 Å². The number of rotatable bonds is 0. The summed E-state index contributed by atoms with van der Waals surface area (Å²) in [5.74, 6) is 0. The van der Waals surface area contributed by atoms with E-state index in [0.29, 0.717) is 0 Å². The summed E-state index contributed by atoms with van der Waals surface area (Å²) in [5, 5.41) is 0. The first-order valence-electron chi connectivity index (χ1n) is 6.18. The van der Waals surface area contributed by atoms with E-state index in [4.69, 9.17) is 0 Å². The summed E-state index contributed by atoms with van der Waals surface area (Å²) >= 11 is 0. The fraction of sp³-hybridized carbons (Fsp3) is 0.357. The van der Waals surface area contributed by atoms with E-state index in [1.807, 2.05) is 13.8 Å². The van der Waals surface area contributed by atoms with E-state index in [1.165, 1.54) is 22.4 Å². The summed E-state index contributed by atoms with van der Waals surface area (Å²) in [4.78, 5) is 7.83. The largest absolute Gasteiger partial charge is 0.342 e. The van der Waals surface area contributed by atoms with Gasteiger partial charge < -0.3 is 4.98 Å². The van der Waals surface area contributed by atoms with Crippen LogP contribution in [0.15, 0.2) is 18.2 Å². The molecule has 17 heavy (non-hydrogen) atoms. The van der Waals surface area contributed by atoms with E-state index in [9.17, 15) is 0 Å². The van der Waals surface area contributed by atoms with E-state index < -0.39 is 0 Å². The lowest BCUT2D eigenvalue weighted by atomic mass is 9.91. The Morgan fingerprint density at radius 2 is 2.00 bits per heavy atom. The zero-order valence-electron chi connectivity index (χ0n) is 10.7. The van der Waals surface area contributed by atoms with E-state index in [1.54, 1.807) is 0 Å². The maximum atomic E-state index is 4.53. The molecule has 1 N–H and O–H groups in total. The van der Waals surface area contributed by atoms with Gasteiger partial charge in [0.1, 0.15) is 5.57 Å². The van der Waals surface area contributed by atoms with Gasteiger partial charge in [-0.25, -0.2) is 4.98 Å². The molecule has 1 atom stereocenters. The second-order valence-corrected chi connectivity index (χ2v) is 4.66. The van der Waals surface area contributed by atoms with Crippen LogP contribution in [0.5, 0.6) is 0 Å². The van der Waals surface area contributed by atoms with E-state index in [0.717, 1.165) is 24.1 Å². The third-order valence-electron chi connectivity index (χ3n) is 2.96. The van der Waals surface area contributed by atoms with Crippen LogP contribution in [0, 0.1) is 6.92 Å². The number of nitrogens with one attached hydrogen (secondary N) is 1. The van der Waals surface area contributed by atoms with Crippen LogP contribution in [-0.4, -0.2) is 9.97 Å². The van der Waals surface area contributed by atoms with Crippen molar-refractivity contribution in [3.05, 3.63) is 35.0 Å². The second kappa shape index (κ2) is 5.01. The number of aryl methyl sites for hydroxylation is 3. The minimum absolute atomic E-state index is 0.938. The Morgan fingerprint density at radius 3 is 2.76 bits per heavy atom. The standard InChI is InChI=1S/C12H13N2P.C2H6/c1-7-2-4-9-8(6-7)3-5-10-11(9)14-12(15)13-10;1-2/h2,4,6H,3,5,15H2,1H3,(H,13,14);1-2H3. The first kappa shape index (κ1) is 12.3. The molecule has 1 aliphatic carbocycles. The number of imidazole rings is 1. The van der Waals surface area contributed by atoms with E-state index >= 15 is 0 Å². The highest BCUT2D eigenvalue weighted by molar-refractivity contribution is 7.26. The van der Waals surface area contributed by atoms with Crippen molar-refractivity contribution < 1.29 is 0 Å². The van der Waals surface area contributed by atoms with Gasteiger partial charge in [-0.2, -0.15) is 0 Å². The lowest BCUT2D eigenvalue weighted by Gasteiger charge is -2.15. The lowest BCUT2D eigenvalue weighted by molar-refractivity contribution is 0.908. The third-order valence-corrected chi connectivity index (χ3v) is 3.23. The van der Waals surface area contributed by atoms with Gasteiger partial charge in [-0.05, 0) is 25.3 Å². The van der Waals surface area contributed by atoms with Gasteiger partial charge >= 0.3 is 0 Å². The van der Waals surface area contributed by atoms with Crippen LogP contribution in [-0.2, 0) is 12.8 Å². The second-order valence-electron chi connectivity index (χ2n) is 4.11. The maximum absolute atomic E-state index is 4.53. The van der Waals surface area contributed by atoms with Crippen molar-refractivity contribution in [2.24, 2.45) is 0 Å². The SMILES string of the molecule is CC.Cc1ccc2c(c1)CCc1[nH]c(P)nc1-2. The van der Waals surface area contributed by atoms with Crippen molar-refractivity contribution in [1.82, 2.24) is 9.97 Å². The van der Waals surface area contributed by atoms with E-state index in [-0.39, 0.29) is 0 Å². The Hall–Kier alpha value is -1.14. The average Bonchev–Trinajstić information content (AvgIpc) is 2.72. The summed E-state index contributed by atoms with van der Waals surface area (Å²) in [5.41, 5.74) is 7.41. The van der Waals surface area contributed by atoms with Crippen LogP contribution in [0.4, 0.5) is 0 Å². The van der Waals surface area contributed by atoms with Gasteiger partial charge in [-0.15, -0.1) is 0 Å². The maximum Gasteiger partial charge on any atom is 0.123 e. The highest BCUT2D eigenvalue weighted by Crippen LogP contribution is 2.31. The topological polar surface area (TPSA) is 28.7 Å². The van der Waals surface area contributed by atoms with Crippen molar-refractivity contribution >= 4 is 14.8 Å². The summed E-state index contributed by atoms with van der Waals surface area (Å²) in [6.07, 6.45) is 2.20. The molecule has 0 saturated carbocycles. The molecule has 1 unspecified atom stereocenters. The molecule has 2 aromatic rings. The molecule has 0 aliphatic heterocycles. The van der Waals surface area contributed by atoms with Crippen molar-refractivity contribution in [1.29, 1.82) is 0 Å². The normalized spacial score (nSPS) is 12.2. The molecule has 1 aromatic heterocycles. The van der Waals surface area contributed by atoms with Gasteiger partial charge in [0.05, 0.1) is 5.69 Å². The molecule has 1 aromatic carbocycles. The van der Waals surface area contributed by atoms with Crippen molar-refractivity contribution in [3.8, 4) is 11.3 Å². The monoisotopic (exact) mass is 246 g/mol. The number of fused-ring (bicyclic) bond motifs is 3. The molecule has 0 bridgehead atoms. The molecule has 0 fully saturated rings. The van der Waals surface area contributed by atoms with Crippen molar-refractivity contribution in [2.45, 2.75) is 33.6 Å². The Balaban J connectivity index is 0.000000514. The molecular formula is C14H19N2P. The van der Waals surface area contributed by atoms with Gasteiger partial charge in [-0.1, -0.05) is 46.8 Å². The van der Waals surface area contributed by atoms with Crippen LogP contribution in [0.25, 0.3) is 11.3 Å². The Labute approximate surface area is 105 Å². The Morgan fingerprint density at radius 1 is 1.24 bits per heavy atom. The fourth-order valence-corrected chi connectivity index (χ4v) is 2.56. The highest BCUT2D eigenvalue weighted by atomic mass is 31.0. The van der Waals surface area contributed by atoms with Crippen molar-refractivity contribution in [2.75, 3.05) is 0 Å². The quantitative estimate of drug-likeness (QED) is 0.711. The van der Waals surface area contributed by atoms with Gasteiger partial charge in [0.2, 0.25) is 0 Å². The Bertz CT molecular complexity index is 529. The zero-order chi connectivity index (χ0) is 12.4. The van der Waals surface area contributed by atoms with Gasteiger partial charge in [-0.3, -0.25) is 0 Å². The molecule has 0 radical (unpaired) electrons. The van der Waals surface area contributed by atoms with Gasteiger partial charge in [0.25, 0.3) is 0 Å². The molecule has 1 aliphatic rings. The fourth-order valence-electron chi connectivity index (χ4n) is 2.25. The Kier molecular flexibility index (Phi) is 3.63. The number of aromatic nitrogens is 2. The first-order chi connectivity index (χ1) is 8.24. The summed E-state index contributed by atoms with van der Waals surface area (Å²) < 4.78 is 0. The van der Waals surface area contributed by atoms with Crippen LogP contribution in [0.2, 0.25) is 0 Å². The van der Waals surface area contributed by atoms with Gasteiger partial charge in [0.15, 0.2) is 0 Å². The number of hydrogen-bond acceptors (Lipinski definition) is 1. The molecule has 3 heteroatoms. The van der Waals surface area contributed by atoms with E-state index in [2.05, 4.69) is 44.3 Å². The third kappa shape index (κ3) is 2.28. The predicted molar refractivity (Wildman–Crippen MR) is 76.9 cm³/mol. The average molecular weight is 246 g/mol. The number of H-pyrrole nitrogens is 1. The van der Waals surface area contributed by atoms with Gasteiger partial charge in [0, 0.05) is 11.3 Å². The number of hydrogen-bond donors (Lipinski definition) is 1. The molecule has 90 valence electrons. The van der Waals surface area contributed by atoms with Crippen LogP contribution < -0.4 is 5.57 Å². The van der Waals surface area contributed by atoms with Crippen LogP contribution in [0.1, 0.15) is 30.7 Å².